The van der Waals surface area contributed by atoms with Gasteiger partial charge in [0.1, 0.15) is 6.04 Å². The molecule has 21 heavy (non-hydrogen) atoms. The highest BCUT2D eigenvalue weighted by Gasteiger charge is 2.31. The highest BCUT2D eigenvalue weighted by Crippen LogP contribution is 2.16. The van der Waals surface area contributed by atoms with Crippen LogP contribution < -0.4 is 5.32 Å². The zero-order valence-corrected chi connectivity index (χ0v) is 12.8. The van der Waals surface area contributed by atoms with Crippen LogP contribution in [-0.4, -0.2) is 43.0 Å². The van der Waals surface area contributed by atoms with Crippen molar-refractivity contribution in [3.05, 3.63) is 34.9 Å². The van der Waals surface area contributed by atoms with Crippen molar-refractivity contribution in [3.63, 3.8) is 0 Å². The maximum absolute atomic E-state index is 12.0. The van der Waals surface area contributed by atoms with Crippen LogP contribution in [0.4, 0.5) is 0 Å². The van der Waals surface area contributed by atoms with Gasteiger partial charge < -0.3 is 10.1 Å². The first-order valence-corrected chi connectivity index (χ1v) is 7.15. The molecule has 0 aromatic heterocycles. The number of hydrogen-bond acceptors (Lipinski definition) is 4. The van der Waals surface area contributed by atoms with Gasteiger partial charge in [-0.05, 0) is 19.4 Å². The second-order valence-corrected chi connectivity index (χ2v) is 5.55. The first kappa shape index (κ1) is 15.5. The molecule has 114 valence electrons. The lowest BCUT2D eigenvalue weighted by Gasteiger charge is -2.34. The summed E-state index contributed by atoms with van der Waals surface area (Å²) in [4.78, 5) is 25.6. The van der Waals surface area contributed by atoms with E-state index in [4.69, 9.17) is 4.74 Å². The lowest BCUT2D eigenvalue weighted by atomic mass is 10.0. The second-order valence-electron chi connectivity index (χ2n) is 5.55. The number of rotatable bonds is 4. The zero-order valence-electron chi connectivity index (χ0n) is 12.8. The minimum Gasteiger partial charge on any atom is -0.469 e. The van der Waals surface area contributed by atoms with Crippen molar-refractivity contribution >= 4 is 11.9 Å². The van der Waals surface area contributed by atoms with Crippen molar-refractivity contribution < 1.29 is 14.3 Å². The third kappa shape index (κ3) is 4.04. The van der Waals surface area contributed by atoms with Gasteiger partial charge in [0, 0.05) is 19.6 Å². The molecule has 1 N–H and O–H groups in total. The number of hydrogen-bond donors (Lipinski definition) is 1. The van der Waals surface area contributed by atoms with Crippen molar-refractivity contribution in [2.45, 2.75) is 32.9 Å². The number of nitrogens with zero attached hydrogens (tertiary/aromatic N) is 1. The van der Waals surface area contributed by atoms with Gasteiger partial charge in [-0.3, -0.25) is 14.5 Å². The molecule has 1 aromatic carbocycles. The molecule has 0 radical (unpaired) electrons. The Labute approximate surface area is 125 Å². The van der Waals surface area contributed by atoms with Crippen molar-refractivity contribution in [1.82, 2.24) is 10.2 Å². The van der Waals surface area contributed by atoms with E-state index in [1.807, 2.05) is 4.90 Å². The minimum absolute atomic E-state index is 0.0904. The number of carbonyl (C=O) groups excluding carboxylic acids is 2. The summed E-state index contributed by atoms with van der Waals surface area (Å²) in [5.41, 5.74) is 3.57. The van der Waals surface area contributed by atoms with Crippen molar-refractivity contribution in [3.8, 4) is 0 Å². The Kier molecular flexibility index (Phi) is 4.96. The van der Waals surface area contributed by atoms with E-state index in [9.17, 15) is 9.59 Å². The molecule has 1 aromatic rings. The Morgan fingerprint density at radius 3 is 2.62 bits per heavy atom. The smallest absolute Gasteiger partial charge is 0.307 e. The highest BCUT2D eigenvalue weighted by atomic mass is 16.5. The zero-order chi connectivity index (χ0) is 15.4. The molecule has 0 aliphatic carbocycles. The minimum atomic E-state index is -0.452. The number of methoxy groups -OCH3 is 1. The van der Waals surface area contributed by atoms with E-state index >= 15 is 0 Å². The number of carbonyl (C=O) groups is 2. The number of piperazine rings is 1. The molecule has 0 unspecified atom stereocenters. The molecule has 2 rings (SSSR count). The monoisotopic (exact) mass is 290 g/mol. The number of ether oxygens (including phenoxy) is 1. The predicted molar refractivity (Wildman–Crippen MR) is 79.8 cm³/mol. The predicted octanol–water partition coefficient (Wildman–Crippen LogP) is 1.17. The summed E-state index contributed by atoms with van der Waals surface area (Å²) >= 11 is 0. The Morgan fingerprint density at radius 2 is 2.00 bits per heavy atom. The molecule has 1 saturated heterocycles. The van der Waals surface area contributed by atoms with E-state index in [1.165, 1.54) is 18.2 Å². The molecule has 1 aliphatic rings. The number of benzene rings is 1. The van der Waals surface area contributed by atoms with Gasteiger partial charge in [0.25, 0.3) is 0 Å². The van der Waals surface area contributed by atoms with Gasteiger partial charge >= 0.3 is 5.97 Å². The van der Waals surface area contributed by atoms with Gasteiger partial charge in [-0.1, -0.05) is 29.3 Å². The van der Waals surface area contributed by atoms with Crippen molar-refractivity contribution in [1.29, 1.82) is 0 Å². The molecule has 5 nitrogen and oxygen atoms in total. The molecule has 1 aliphatic heterocycles. The van der Waals surface area contributed by atoms with Crippen LogP contribution in [0.15, 0.2) is 18.2 Å². The first-order valence-electron chi connectivity index (χ1n) is 7.15. The Morgan fingerprint density at radius 1 is 1.33 bits per heavy atom. The van der Waals surface area contributed by atoms with Crippen LogP contribution in [0.5, 0.6) is 0 Å². The lowest BCUT2D eigenvalue weighted by Crippen LogP contribution is -2.55. The second kappa shape index (κ2) is 6.72. The maximum Gasteiger partial charge on any atom is 0.307 e. The van der Waals surface area contributed by atoms with Gasteiger partial charge in [-0.25, -0.2) is 0 Å². The highest BCUT2D eigenvalue weighted by molar-refractivity contribution is 5.87. The number of nitrogens with one attached hydrogen (secondary N) is 1. The molecule has 1 fully saturated rings. The quantitative estimate of drug-likeness (QED) is 0.846. The maximum atomic E-state index is 12.0. The molecular formula is C16H22N2O3. The molecule has 5 heteroatoms. The average molecular weight is 290 g/mol. The topological polar surface area (TPSA) is 58.6 Å². The Balaban J connectivity index is 2.14. The van der Waals surface area contributed by atoms with E-state index in [2.05, 4.69) is 37.4 Å². The third-order valence-electron chi connectivity index (χ3n) is 3.70. The molecule has 1 atom stereocenters. The van der Waals surface area contributed by atoms with E-state index in [0.29, 0.717) is 13.1 Å². The number of amides is 1. The molecule has 0 spiro atoms. The van der Waals surface area contributed by atoms with Crippen LogP contribution in [0.25, 0.3) is 0 Å². The molecule has 0 saturated carbocycles. The SMILES string of the molecule is COC(=O)C[C@@H]1C(=O)NCCN1Cc1cc(C)cc(C)c1. The van der Waals surface area contributed by atoms with Crippen LogP contribution in [0.1, 0.15) is 23.1 Å². The van der Waals surface area contributed by atoms with Crippen molar-refractivity contribution in [2.24, 2.45) is 0 Å². The Bertz CT molecular complexity index is 522. The fourth-order valence-corrected chi connectivity index (χ4v) is 2.81. The summed E-state index contributed by atoms with van der Waals surface area (Å²) in [5, 5.41) is 2.81. The van der Waals surface area contributed by atoms with E-state index in [-0.39, 0.29) is 18.3 Å². The fourth-order valence-electron chi connectivity index (χ4n) is 2.81. The van der Waals surface area contributed by atoms with Gasteiger partial charge in [0.15, 0.2) is 0 Å². The summed E-state index contributed by atoms with van der Waals surface area (Å²) in [6.45, 7) is 6.13. The fraction of sp³-hybridized carbons (Fsp3) is 0.500. The van der Waals surface area contributed by atoms with E-state index in [1.54, 1.807) is 0 Å². The van der Waals surface area contributed by atoms with Gasteiger partial charge in [-0.15, -0.1) is 0 Å². The largest absolute Gasteiger partial charge is 0.469 e. The normalized spacial score (nSPS) is 19.2. The summed E-state index contributed by atoms with van der Waals surface area (Å²) in [6, 6.07) is 5.91. The third-order valence-corrected chi connectivity index (χ3v) is 3.70. The van der Waals surface area contributed by atoms with E-state index < -0.39 is 6.04 Å². The number of esters is 1. The van der Waals surface area contributed by atoms with Gasteiger partial charge in [-0.2, -0.15) is 0 Å². The summed E-state index contributed by atoms with van der Waals surface area (Å²) < 4.78 is 4.69. The van der Waals surface area contributed by atoms with Gasteiger partial charge in [0.05, 0.1) is 13.5 Å². The average Bonchev–Trinajstić information content (AvgIpc) is 2.41. The van der Waals surface area contributed by atoms with Crippen molar-refractivity contribution in [2.75, 3.05) is 20.2 Å². The molecule has 0 bridgehead atoms. The lowest BCUT2D eigenvalue weighted by molar-refractivity contribution is -0.146. The van der Waals surface area contributed by atoms with Crippen LogP contribution in [0.2, 0.25) is 0 Å². The molecule has 1 amide bonds. The van der Waals surface area contributed by atoms with Crippen LogP contribution >= 0.6 is 0 Å². The molecular weight excluding hydrogens is 268 g/mol. The van der Waals surface area contributed by atoms with Gasteiger partial charge in [0.2, 0.25) is 5.91 Å². The Hall–Kier alpha value is -1.88. The van der Waals surface area contributed by atoms with E-state index in [0.717, 1.165) is 12.1 Å². The standard InChI is InChI=1S/C16H22N2O3/c1-11-6-12(2)8-13(7-11)10-18-5-4-17-16(20)14(18)9-15(19)21-3/h6-8,14H,4-5,9-10H2,1-3H3,(H,17,20)/t14-/m1/s1. The first-order chi connectivity index (χ1) is 9.99. The van der Waals surface area contributed by atoms with Crippen LogP contribution in [0, 0.1) is 13.8 Å². The molecule has 1 heterocycles. The van der Waals surface area contributed by atoms with Crippen LogP contribution in [-0.2, 0) is 20.9 Å². The van der Waals surface area contributed by atoms with Crippen LogP contribution in [0.3, 0.4) is 0 Å². The summed E-state index contributed by atoms with van der Waals surface area (Å²) in [7, 11) is 1.34. The number of aryl methyl sites for hydroxylation is 2. The summed E-state index contributed by atoms with van der Waals surface area (Å²) in [6.07, 6.45) is 0.0904. The summed E-state index contributed by atoms with van der Waals surface area (Å²) in [5.74, 6) is -0.460.